The molecule has 0 radical (unpaired) electrons. The number of aromatic amines is 1. The smallest absolute Gasteiger partial charge is 0.416 e. The first-order valence-electron chi connectivity index (χ1n) is 9.12. The third kappa shape index (κ3) is 4.09. The molecule has 1 saturated heterocycles. The minimum absolute atomic E-state index is 0.152. The van der Waals surface area contributed by atoms with Crippen molar-refractivity contribution in [1.82, 2.24) is 15.2 Å². The molecule has 3 aromatic rings. The van der Waals surface area contributed by atoms with E-state index in [9.17, 15) is 14.4 Å². The van der Waals surface area contributed by atoms with Gasteiger partial charge in [-0.25, -0.2) is 9.69 Å². The Labute approximate surface area is 171 Å². The first kappa shape index (κ1) is 19.0. The quantitative estimate of drug-likeness (QED) is 0.674. The van der Waals surface area contributed by atoms with Crippen LogP contribution < -0.4 is 5.32 Å². The average molecular weight is 412 g/mol. The van der Waals surface area contributed by atoms with E-state index in [0.29, 0.717) is 10.7 Å². The Bertz CT molecular complexity index is 1080. The molecule has 148 valence electrons. The summed E-state index contributed by atoms with van der Waals surface area (Å²) in [7, 11) is 0. The van der Waals surface area contributed by atoms with Gasteiger partial charge in [0.05, 0.1) is 6.54 Å². The Morgan fingerprint density at radius 2 is 1.97 bits per heavy atom. The number of aromatic nitrogens is 1. The van der Waals surface area contributed by atoms with Gasteiger partial charge in [0, 0.05) is 22.3 Å². The fourth-order valence-corrected chi connectivity index (χ4v) is 3.47. The highest BCUT2D eigenvalue weighted by Crippen LogP contribution is 2.20. The molecule has 1 aromatic heterocycles. The second-order valence-corrected chi connectivity index (χ2v) is 7.17. The Balaban J connectivity index is 1.58. The van der Waals surface area contributed by atoms with E-state index in [4.69, 9.17) is 16.3 Å². The lowest BCUT2D eigenvalue weighted by atomic mass is 10.0. The fourth-order valence-electron chi connectivity index (χ4n) is 3.29. The number of ether oxygens (including phenoxy) is 1. The van der Waals surface area contributed by atoms with Gasteiger partial charge < -0.3 is 15.0 Å². The molecule has 1 atom stereocenters. The van der Waals surface area contributed by atoms with Crippen LogP contribution in [0.3, 0.4) is 0 Å². The molecule has 2 heterocycles. The molecule has 29 heavy (non-hydrogen) atoms. The van der Waals surface area contributed by atoms with Gasteiger partial charge in [-0.3, -0.25) is 9.59 Å². The van der Waals surface area contributed by atoms with Crippen molar-refractivity contribution in [3.63, 3.8) is 0 Å². The first-order valence-corrected chi connectivity index (χ1v) is 9.50. The maximum Gasteiger partial charge on any atom is 0.416 e. The molecular weight excluding hydrogens is 394 g/mol. The molecule has 4 rings (SSSR count). The Hall–Kier alpha value is -3.32. The number of benzene rings is 2. The lowest BCUT2D eigenvalue weighted by molar-refractivity contribution is -0.129. The van der Waals surface area contributed by atoms with Crippen LogP contribution in [0.2, 0.25) is 5.02 Å². The largest absolute Gasteiger partial charge is 0.447 e. The van der Waals surface area contributed by atoms with Crippen LogP contribution in [0.5, 0.6) is 0 Å². The highest BCUT2D eigenvalue weighted by Gasteiger charge is 2.34. The van der Waals surface area contributed by atoms with Crippen LogP contribution in [0.25, 0.3) is 10.9 Å². The van der Waals surface area contributed by atoms with Crippen LogP contribution in [-0.4, -0.2) is 47.0 Å². The highest BCUT2D eigenvalue weighted by atomic mass is 35.5. The minimum Gasteiger partial charge on any atom is -0.447 e. The van der Waals surface area contributed by atoms with Gasteiger partial charge in [0.25, 0.3) is 11.8 Å². The number of fused-ring (bicyclic) bond motifs is 1. The normalized spacial score (nSPS) is 14.7. The zero-order chi connectivity index (χ0) is 20.4. The van der Waals surface area contributed by atoms with Crippen LogP contribution in [-0.2, 0) is 16.0 Å². The Morgan fingerprint density at radius 3 is 2.69 bits per heavy atom. The van der Waals surface area contributed by atoms with Gasteiger partial charge >= 0.3 is 6.09 Å². The lowest BCUT2D eigenvalue weighted by Crippen LogP contribution is -2.50. The summed E-state index contributed by atoms with van der Waals surface area (Å²) in [4.78, 5) is 41.6. The first-order chi connectivity index (χ1) is 14.0. The summed E-state index contributed by atoms with van der Waals surface area (Å²) in [6.45, 7) is 0.322. The van der Waals surface area contributed by atoms with Crippen molar-refractivity contribution in [3.05, 3.63) is 70.9 Å². The van der Waals surface area contributed by atoms with Crippen LogP contribution in [0.4, 0.5) is 4.79 Å². The number of cyclic esters (lactones) is 1. The number of imide groups is 1. The molecule has 1 unspecified atom stereocenters. The Morgan fingerprint density at radius 1 is 1.17 bits per heavy atom. The van der Waals surface area contributed by atoms with E-state index >= 15 is 0 Å². The van der Waals surface area contributed by atoms with Crippen molar-refractivity contribution < 1.29 is 19.1 Å². The van der Waals surface area contributed by atoms with Crippen molar-refractivity contribution in [3.8, 4) is 0 Å². The van der Waals surface area contributed by atoms with E-state index in [2.05, 4.69) is 10.3 Å². The molecular formula is C21H18ClN3O4. The summed E-state index contributed by atoms with van der Waals surface area (Å²) in [5.41, 5.74) is 1.92. The van der Waals surface area contributed by atoms with Crippen molar-refractivity contribution in [2.75, 3.05) is 13.2 Å². The molecule has 0 bridgehead atoms. The number of H-pyrrole nitrogens is 1. The van der Waals surface area contributed by atoms with Gasteiger partial charge in [0.2, 0.25) is 0 Å². The second-order valence-electron chi connectivity index (χ2n) is 6.73. The molecule has 3 amide bonds. The number of nitrogens with zero attached hydrogens (tertiary/aromatic N) is 1. The number of rotatable bonds is 5. The van der Waals surface area contributed by atoms with E-state index in [-0.39, 0.29) is 19.6 Å². The van der Waals surface area contributed by atoms with E-state index in [1.54, 1.807) is 24.3 Å². The Kier molecular flexibility index (Phi) is 5.22. The molecule has 2 aromatic carbocycles. The molecule has 0 saturated carbocycles. The van der Waals surface area contributed by atoms with Crippen LogP contribution in [0.1, 0.15) is 16.1 Å². The van der Waals surface area contributed by atoms with Gasteiger partial charge in [0.15, 0.2) is 0 Å². The number of carbonyl (C=O) groups excluding carboxylic acids is 3. The molecule has 0 aliphatic carbocycles. The van der Waals surface area contributed by atoms with Gasteiger partial charge in [-0.2, -0.15) is 0 Å². The molecule has 7 nitrogen and oxygen atoms in total. The second kappa shape index (κ2) is 7.97. The highest BCUT2D eigenvalue weighted by molar-refractivity contribution is 6.31. The minimum atomic E-state index is -0.912. The van der Waals surface area contributed by atoms with Crippen molar-refractivity contribution >= 4 is 40.4 Å². The third-order valence-electron chi connectivity index (χ3n) is 4.74. The fraction of sp³-hybridized carbons (Fsp3) is 0.190. The SMILES string of the molecule is O=C(NC(Cc1ccccc1)C(=O)N1CCOC1=O)c1cc2cc(Cl)ccc2[nH]1. The summed E-state index contributed by atoms with van der Waals surface area (Å²) in [6, 6.07) is 15.3. The van der Waals surface area contributed by atoms with Gasteiger partial charge in [0.1, 0.15) is 18.3 Å². The zero-order valence-corrected chi connectivity index (χ0v) is 16.1. The number of carbonyl (C=O) groups is 3. The van der Waals surface area contributed by atoms with Crippen LogP contribution >= 0.6 is 11.6 Å². The summed E-state index contributed by atoms with van der Waals surface area (Å²) in [5.74, 6) is -0.942. The summed E-state index contributed by atoms with van der Waals surface area (Å²) in [6.07, 6.45) is -0.441. The van der Waals surface area contributed by atoms with Gasteiger partial charge in [-0.15, -0.1) is 0 Å². The molecule has 0 spiro atoms. The standard InChI is InChI=1S/C21H18ClN3O4/c22-15-6-7-16-14(11-15)12-17(23-16)19(26)24-18(10-13-4-2-1-3-5-13)20(27)25-8-9-29-21(25)28/h1-7,11-12,18,23H,8-10H2,(H,24,26). The zero-order valence-electron chi connectivity index (χ0n) is 15.4. The van der Waals surface area contributed by atoms with Crippen LogP contribution in [0, 0.1) is 0 Å². The summed E-state index contributed by atoms with van der Waals surface area (Å²) in [5, 5.41) is 4.10. The third-order valence-corrected chi connectivity index (χ3v) is 4.98. The van der Waals surface area contributed by atoms with Gasteiger partial charge in [-0.05, 0) is 29.8 Å². The lowest BCUT2D eigenvalue weighted by Gasteiger charge is -2.21. The van der Waals surface area contributed by atoms with Crippen molar-refractivity contribution in [1.29, 1.82) is 0 Å². The number of hydrogen-bond acceptors (Lipinski definition) is 4. The predicted octanol–water partition coefficient (Wildman–Crippen LogP) is 3.14. The molecule has 2 N–H and O–H groups in total. The number of halogens is 1. The summed E-state index contributed by atoms with van der Waals surface area (Å²) >= 11 is 6.00. The average Bonchev–Trinajstić information content (AvgIpc) is 3.33. The monoisotopic (exact) mass is 411 g/mol. The predicted molar refractivity (Wildman–Crippen MR) is 108 cm³/mol. The van der Waals surface area contributed by atoms with E-state index in [1.165, 1.54) is 0 Å². The molecule has 8 heteroatoms. The maximum absolute atomic E-state index is 12.9. The molecule has 1 aliphatic rings. The molecule has 1 aliphatic heterocycles. The number of amides is 3. The van der Waals surface area contributed by atoms with E-state index < -0.39 is 23.9 Å². The van der Waals surface area contributed by atoms with Gasteiger partial charge in [-0.1, -0.05) is 41.9 Å². The molecule has 1 fully saturated rings. The number of nitrogens with one attached hydrogen (secondary N) is 2. The summed E-state index contributed by atoms with van der Waals surface area (Å²) < 4.78 is 4.86. The van der Waals surface area contributed by atoms with E-state index in [1.807, 2.05) is 30.3 Å². The van der Waals surface area contributed by atoms with Crippen LogP contribution in [0.15, 0.2) is 54.6 Å². The number of hydrogen-bond donors (Lipinski definition) is 2. The maximum atomic E-state index is 12.9. The topological polar surface area (TPSA) is 91.5 Å². The van der Waals surface area contributed by atoms with E-state index in [0.717, 1.165) is 21.4 Å². The van der Waals surface area contributed by atoms with Crippen molar-refractivity contribution in [2.45, 2.75) is 12.5 Å². The van der Waals surface area contributed by atoms with Crippen molar-refractivity contribution in [2.24, 2.45) is 0 Å².